The molecule has 0 fully saturated rings. The Hall–Kier alpha value is -0.620. The molecule has 0 spiro atoms. The first-order valence-corrected chi connectivity index (χ1v) is 4.34. The van der Waals surface area contributed by atoms with Crippen LogP contribution < -0.4 is 0 Å². The van der Waals surface area contributed by atoms with E-state index in [1.165, 1.54) is 0 Å². The molecular formula is C7H9NO3S. The number of hydrogen-bond acceptors (Lipinski definition) is 5. The van der Waals surface area contributed by atoms with Gasteiger partial charge in [-0.1, -0.05) is 11.1 Å². The Morgan fingerprint density at radius 3 is 3.08 bits per heavy atom. The molecule has 12 heavy (non-hydrogen) atoms. The van der Waals surface area contributed by atoms with Gasteiger partial charge in [0.15, 0.2) is 0 Å². The lowest BCUT2D eigenvalue weighted by molar-refractivity contribution is -0.432. The molecule has 5 heteroatoms. The van der Waals surface area contributed by atoms with Crippen LogP contribution >= 0.6 is 12.0 Å². The third-order valence-electron chi connectivity index (χ3n) is 1.25. The highest BCUT2D eigenvalue weighted by molar-refractivity contribution is 7.94. The van der Waals surface area contributed by atoms with Gasteiger partial charge in [0, 0.05) is 36.1 Å². The summed E-state index contributed by atoms with van der Waals surface area (Å²) in [6, 6.07) is 5.72. The molecule has 0 bridgehead atoms. The summed E-state index contributed by atoms with van der Waals surface area (Å²) in [5.41, 5.74) is 0.992. The summed E-state index contributed by atoms with van der Waals surface area (Å²) in [6.07, 6.45) is 2.53. The van der Waals surface area contributed by atoms with Crippen LogP contribution in [0, 0.1) is 0 Å². The average Bonchev–Trinajstić information content (AvgIpc) is 2.14. The Kier molecular flexibility index (Phi) is 4.70. The normalized spacial score (nSPS) is 10.1. The summed E-state index contributed by atoms with van der Waals surface area (Å²) < 4.78 is 4.20. The summed E-state index contributed by atoms with van der Waals surface area (Å²) in [7, 11) is 0. The smallest absolute Gasteiger partial charge is 0.0412 e. The van der Waals surface area contributed by atoms with Gasteiger partial charge in [-0.15, -0.1) is 4.33 Å². The molecule has 0 saturated carbocycles. The molecule has 0 unspecified atom stereocenters. The number of nitrogens with zero attached hydrogens (tertiary/aromatic N) is 1. The molecule has 0 radical (unpaired) electrons. The zero-order valence-corrected chi connectivity index (χ0v) is 7.16. The monoisotopic (exact) mass is 187 g/mol. The summed E-state index contributed by atoms with van der Waals surface area (Å²) in [4.78, 5) is 4.10. The van der Waals surface area contributed by atoms with Crippen molar-refractivity contribution >= 4 is 12.0 Å². The summed E-state index contributed by atoms with van der Waals surface area (Å²) in [5.74, 6) is 0.692. The van der Waals surface area contributed by atoms with Gasteiger partial charge in [0.25, 0.3) is 0 Å². The maximum atomic E-state index is 7.80. The van der Waals surface area contributed by atoms with E-state index in [-0.39, 0.29) is 0 Å². The Morgan fingerprint density at radius 2 is 2.42 bits per heavy atom. The molecular weight excluding hydrogens is 178 g/mol. The molecule has 0 aromatic carbocycles. The Balaban J connectivity index is 2.16. The lowest BCUT2D eigenvalue weighted by atomic mass is 10.3. The van der Waals surface area contributed by atoms with E-state index in [2.05, 4.69) is 14.4 Å². The van der Waals surface area contributed by atoms with Gasteiger partial charge < -0.3 is 0 Å². The molecule has 0 aliphatic carbocycles. The predicted octanol–water partition coefficient (Wildman–Crippen LogP) is 1.69. The quantitative estimate of drug-likeness (QED) is 0.329. The first-order chi connectivity index (χ1) is 5.93. The minimum atomic E-state index is 0.692. The SMILES string of the molecule is OOOSCCc1ccccn1. The molecule has 66 valence electrons. The molecule has 4 nitrogen and oxygen atoms in total. The minimum absolute atomic E-state index is 0.692. The second-order valence-electron chi connectivity index (χ2n) is 2.04. The number of pyridine rings is 1. The first kappa shape index (κ1) is 9.47. The van der Waals surface area contributed by atoms with Crippen LogP contribution in [0.4, 0.5) is 0 Å². The Morgan fingerprint density at radius 1 is 1.50 bits per heavy atom. The molecule has 1 aromatic heterocycles. The van der Waals surface area contributed by atoms with Crippen molar-refractivity contribution in [3.63, 3.8) is 0 Å². The van der Waals surface area contributed by atoms with Crippen molar-refractivity contribution in [1.29, 1.82) is 0 Å². The second-order valence-corrected chi connectivity index (χ2v) is 2.82. The summed E-state index contributed by atoms with van der Waals surface area (Å²) in [6.45, 7) is 0. The molecule has 0 atom stereocenters. The van der Waals surface area contributed by atoms with Gasteiger partial charge in [-0.3, -0.25) is 4.98 Å². The summed E-state index contributed by atoms with van der Waals surface area (Å²) >= 11 is 1.04. The predicted molar refractivity (Wildman–Crippen MR) is 45.2 cm³/mol. The maximum absolute atomic E-state index is 7.80. The third-order valence-corrected chi connectivity index (χ3v) is 1.77. The van der Waals surface area contributed by atoms with Crippen LogP contribution in [0.15, 0.2) is 24.4 Å². The Bertz CT molecular complexity index is 207. The maximum Gasteiger partial charge on any atom is 0.0412 e. The molecule has 0 aliphatic heterocycles. The van der Waals surface area contributed by atoms with Crippen LogP contribution in [0.3, 0.4) is 0 Å². The van der Waals surface area contributed by atoms with Crippen molar-refractivity contribution in [3.05, 3.63) is 30.1 Å². The van der Waals surface area contributed by atoms with Crippen molar-refractivity contribution < 1.29 is 14.6 Å². The Labute approximate surface area is 74.6 Å². The van der Waals surface area contributed by atoms with Crippen LogP contribution in [-0.4, -0.2) is 16.0 Å². The molecule has 0 saturated heterocycles. The van der Waals surface area contributed by atoms with Gasteiger partial charge in [-0.2, -0.15) is 0 Å². The molecule has 1 heterocycles. The highest BCUT2D eigenvalue weighted by atomic mass is 32.2. The largest absolute Gasteiger partial charge is 0.261 e. The molecule has 0 aliphatic rings. The molecule has 1 N–H and O–H groups in total. The number of aryl methyl sites for hydroxylation is 1. The van der Waals surface area contributed by atoms with Crippen LogP contribution in [0.2, 0.25) is 0 Å². The van der Waals surface area contributed by atoms with Crippen LogP contribution in [0.1, 0.15) is 5.69 Å². The van der Waals surface area contributed by atoms with Gasteiger partial charge in [0.1, 0.15) is 0 Å². The van der Waals surface area contributed by atoms with Gasteiger partial charge >= 0.3 is 0 Å². The van der Waals surface area contributed by atoms with E-state index in [0.29, 0.717) is 5.75 Å². The zero-order chi connectivity index (χ0) is 8.65. The lowest BCUT2D eigenvalue weighted by Gasteiger charge is -1.97. The van der Waals surface area contributed by atoms with E-state index in [0.717, 1.165) is 24.2 Å². The molecule has 0 amide bonds. The minimum Gasteiger partial charge on any atom is -0.261 e. The van der Waals surface area contributed by atoms with E-state index in [1.807, 2.05) is 18.2 Å². The van der Waals surface area contributed by atoms with Crippen molar-refractivity contribution in [2.75, 3.05) is 5.75 Å². The topological polar surface area (TPSA) is 51.6 Å². The lowest BCUT2D eigenvalue weighted by Crippen LogP contribution is -1.92. The molecule has 1 rings (SSSR count). The van der Waals surface area contributed by atoms with Crippen LogP contribution in [-0.2, 0) is 15.8 Å². The number of rotatable bonds is 5. The van der Waals surface area contributed by atoms with Gasteiger partial charge in [-0.05, 0) is 12.1 Å². The van der Waals surface area contributed by atoms with Gasteiger partial charge in [0.05, 0.1) is 0 Å². The molecule has 1 aromatic rings. The average molecular weight is 187 g/mol. The van der Waals surface area contributed by atoms with Crippen molar-refractivity contribution in [3.8, 4) is 0 Å². The van der Waals surface area contributed by atoms with Gasteiger partial charge in [-0.25, -0.2) is 5.26 Å². The van der Waals surface area contributed by atoms with Crippen molar-refractivity contribution in [1.82, 2.24) is 4.98 Å². The van der Waals surface area contributed by atoms with Gasteiger partial charge in [0.2, 0.25) is 0 Å². The van der Waals surface area contributed by atoms with E-state index in [1.54, 1.807) is 6.20 Å². The van der Waals surface area contributed by atoms with Crippen LogP contribution in [0.25, 0.3) is 0 Å². The first-order valence-electron chi connectivity index (χ1n) is 3.43. The van der Waals surface area contributed by atoms with Crippen LogP contribution in [0.5, 0.6) is 0 Å². The van der Waals surface area contributed by atoms with E-state index in [9.17, 15) is 0 Å². The van der Waals surface area contributed by atoms with Crippen molar-refractivity contribution in [2.45, 2.75) is 6.42 Å². The van der Waals surface area contributed by atoms with Crippen molar-refractivity contribution in [2.24, 2.45) is 0 Å². The highest BCUT2D eigenvalue weighted by Crippen LogP contribution is 2.05. The second kappa shape index (κ2) is 5.96. The standard InChI is InChI=1S/C7H9NO3S/c9-10-11-12-6-4-7-3-1-2-5-8-7/h1-3,5,9H,4,6H2. The zero-order valence-electron chi connectivity index (χ0n) is 6.34. The summed E-state index contributed by atoms with van der Waals surface area (Å²) in [5, 5.41) is 11.2. The fourth-order valence-electron chi connectivity index (χ4n) is 0.748. The fourth-order valence-corrected chi connectivity index (χ4v) is 1.15. The number of hydrogen-bond donors (Lipinski definition) is 1. The van der Waals surface area contributed by atoms with E-state index >= 15 is 0 Å². The van der Waals surface area contributed by atoms with E-state index < -0.39 is 0 Å². The fraction of sp³-hybridized carbons (Fsp3) is 0.286. The third kappa shape index (κ3) is 3.68. The highest BCUT2D eigenvalue weighted by Gasteiger charge is 1.93. The number of aromatic nitrogens is 1. The van der Waals surface area contributed by atoms with E-state index in [4.69, 9.17) is 5.26 Å².